The Morgan fingerprint density at radius 2 is 2.20 bits per heavy atom. The van der Waals surface area contributed by atoms with Crippen molar-refractivity contribution in [2.24, 2.45) is 0 Å². The molecule has 1 N–H and O–H groups in total. The molecule has 1 aromatic rings. The quantitative estimate of drug-likeness (QED) is 0.928. The SMILES string of the molecule is O=C(O)Cc1nc(C(F)F)c(F)cc1Br. The average Bonchev–Trinajstić information content (AvgIpc) is 2.08. The summed E-state index contributed by atoms with van der Waals surface area (Å²) in [6, 6.07) is 0.784. The van der Waals surface area contributed by atoms with Crippen molar-refractivity contribution in [1.29, 1.82) is 0 Å². The molecule has 0 fully saturated rings. The van der Waals surface area contributed by atoms with E-state index in [0.717, 1.165) is 6.07 Å². The first-order valence-corrected chi connectivity index (χ1v) is 4.56. The molecule has 0 unspecified atom stereocenters. The molecule has 0 amide bonds. The number of carboxylic acid groups (broad SMARTS) is 1. The maximum absolute atomic E-state index is 12.9. The second-order valence-corrected chi connectivity index (χ2v) is 3.51. The maximum atomic E-state index is 12.9. The number of carboxylic acids is 1. The summed E-state index contributed by atoms with van der Waals surface area (Å²) < 4.78 is 37.4. The van der Waals surface area contributed by atoms with Crippen LogP contribution in [0.15, 0.2) is 10.5 Å². The molecule has 1 aromatic heterocycles. The van der Waals surface area contributed by atoms with Crippen LogP contribution in [0.1, 0.15) is 17.8 Å². The summed E-state index contributed by atoms with van der Waals surface area (Å²) in [7, 11) is 0. The van der Waals surface area contributed by atoms with Crippen molar-refractivity contribution < 1.29 is 23.1 Å². The van der Waals surface area contributed by atoms with Gasteiger partial charge in [-0.2, -0.15) is 0 Å². The highest BCUT2D eigenvalue weighted by Gasteiger charge is 2.19. The highest BCUT2D eigenvalue weighted by atomic mass is 79.9. The van der Waals surface area contributed by atoms with Gasteiger partial charge in [0.2, 0.25) is 0 Å². The number of alkyl halides is 2. The van der Waals surface area contributed by atoms with Crippen molar-refractivity contribution >= 4 is 21.9 Å². The molecule has 3 nitrogen and oxygen atoms in total. The number of carbonyl (C=O) groups is 1. The minimum Gasteiger partial charge on any atom is -0.481 e. The third-order valence-electron chi connectivity index (χ3n) is 1.55. The first kappa shape index (κ1) is 12.0. The average molecular weight is 284 g/mol. The number of hydrogen-bond donors (Lipinski definition) is 1. The predicted molar refractivity (Wildman–Crippen MR) is 48.2 cm³/mol. The first-order chi connectivity index (χ1) is 6.91. The third-order valence-corrected chi connectivity index (χ3v) is 2.24. The standard InChI is InChI=1S/C8H5BrF3NO2/c9-3-1-4(10)7(8(11)12)13-5(3)2-6(14)15/h1,8H,2H2,(H,14,15). The van der Waals surface area contributed by atoms with E-state index >= 15 is 0 Å². The van der Waals surface area contributed by atoms with E-state index < -0.39 is 30.3 Å². The van der Waals surface area contributed by atoms with E-state index in [2.05, 4.69) is 20.9 Å². The molecule has 0 spiro atoms. The normalized spacial score (nSPS) is 10.7. The van der Waals surface area contributed by atoms with Crippen molar-refractivity contribution in [3.8, 4) is 0 Å². The topological polar surface area (TPSA) is 50.2 Å². The van der Waals surface area contributed by atoms with Gasteiger partial charge in [-0.3, -0.25) is 4.79 Å². The van der Waals surface area contributed by atoms with Crippen LogP contribution in [0.3, 0.4) is 0 Å². The molecular formula is C8H5BrF3NO2. The smallest absolute Gasteiger partial charge is 0.309 e. The number of aliphatic carboxylic acids is 1. The second-order valence-electron chi connectivity index (χ2n) is 2.66. The lowest BCUT2D eigenvalue weighted by Gasteiger charge is -2.05. The van der Waals surface area contributed by atoms with Gasteiger partial charge in [0.15, 0.2) is 5.82 Å². The molecule has 7 heteroatoms. The fraction of sp³-hybridized carbons (Fsp3) is 0.250. The van der Waals surface area contributed by atoms with Crippen molar-refractivity contribution in [3.63, 3.8) is 0 Å². The lowest BCUT2D eigenvalue weighted by molar-refractivity contribution is -0.136. The lowest BCUT2D eigenvalue weighted by Crippen LogP contribution is -2.07. The molecule has 82 valence electrons. The summed E-state index contributed by atoms with van der Waals surface area (Å²) >= 11 is 2.85. The van der Waals surface area contributed by atoms with Gasteiger partial charge in [-0.25, -0.2) is 18.2 Å². The van der Waals surface area contributed by atoms with E-state index in [0.29, 0.717) is 0 Å². The Labute approximate surface area is 91.1 Å². The van der Waals surface area contributed by atoms with Gasteiger partial charge in [0.25, 0.3) is 6.43 Å². The zero-order valence-electron chi connectivity index (χ0n) is 7.18. The Kier molecular flexibility index (Phi) is 3.67. The number of pyridine rings is 1. The van der Waals surface area contributed by atoms with E-state index in [1.807, 2.05) is 0 Å². The number of nitrogens with zero attached hydrogens (tertiary/aromatic N) is 1. The molecular weight excluding hydrogens is 279 g/mol. The summed E-state index contributed by atoms with van der Waals surface area (Å²) in [4.78, 5) is 13.6. The predicted octanol–water partition coefficient (Wildman–Crippen LogP) is 2.55. The monoisotopic (exact) mass is 283 g/mol. The molecule has 0 aliphatic heterocycles. The van der Waals surface area contributed by atoms with Crippen molar-refractivity contribution in [1.82, 2.24) is 4.98 Å². The summed E-state index contributed by atoms with van der Waals surface area (Å²) in [5, 5.41) is 8.45. The van der Waals surface area contributed by atoms with Crippen molar-refractivity contribution in [2.45, 2.75) is 12.8 Å². The van der Waals surface area contributed by atoms with Crippen LogP contribution in [0.5, 0.6) is 0 Å². The molecule has 1 heterocycles. The van der Waals surface area contributed by atoms with Crippen LogP contribution in [-0.4, -0.2) is 16.1 Å². The second kappa shape index (κ2) is 4.61. The van der Waals surface area contributed by atoms with Gasteiger partial charge in [0.1, 0.15) is 5.69 Å². The van der Waals surface area contributed by atoms with Crippen LogP contribution in [0, 0.1) is 5.82 Å². The Hall–Kier alpha value is -1.11. The number of aromatic nitrogens is 1. The van der Waals surface area contributed by atoms with Crippen LogP contribution in [0.2, 0.25) is 0 Å². The van der Waals surface area contributed by atoms with E-state index in [1.54, 1.807) is 0 Å². The van der Waals surface area contributed by atoms with Crippen LogP contribution in [0.25, 0.3) is 0 Å². The molecule has 0 atom stereocenters. The summed E-state index contributed by atoms with van der Waals surface area (Å²) in [6.07, 6.45) is -3.61. The molecule has 0 bridgehead atoms. The van der Waals surface area contributed by atoms with Gasteiger partial charge < -0.3 is 5.11 Å². The van der Waals surface area contributed by atoms with Gasteiger partial charge in [0, 0.05) is 4.47 Å². The number of halogens is 4. The van der Waals surface area contributed by atoms with Gasteiger partial charge in [-0.1, -0.05) is 0 Å². The largest absolute Gasteiger partial charge is 0.481 e. The van der Waals surface area contributed by atoms with Gasteiger partial charge in [-0.15, -0.1) is 0 Å². The summed E-state index contributed by atoms with van der Waals surface area (Å²) in [5.74, 6) is -2.39. The van der Waals surface area contributed by atoms with E-state index in [-0.39, 0.29) is 10.2 Å². The highest BCUT2D eigenvalue weighted by Crippen LogP contribution is 2.25. The molecule has 0 aliphatic rings. The highest BCUT2D eigenvalue weighted by molar-refractivity contribution is 9.10. The van der Waals surface area contributed by atoms with Crippen molar-refractivity contribution in [3.05, 3.63) is 27.7 Å². The van der Waals surface area contributed by atoms with Crippen LogP contribution in [-0.2, 0) is 11.2 Å². The molecule has 0 saturated heterocycles. The van der Waals surface area contributed by atoms with E-state index in [9.17, 15) is 18.0 Å². The summed E-state index contributed by atoms with van der Waals surface area (Å²) in [6.45, 7) is 0. The van der Waals surface area contributed by atoms with Crippen molar-refractivity contribution in [2.75, 3.05) is 0 Å². The Morgan fingerprint density at radius 1 is 1.60 bits per heavy atom. The first-order valence-electron chi connectivity index (χ1n) is 3.76. The van der Waals surface area contributed by atoms with Gasteiger partial charge in [0.05, 0.1) is 12.1 Å². The molecule has 0 aromatic carbocycles. The molecule has 0 radical (unpaired) electrons. The van der Waals surface area contributed by atoms with E-state index in [1.165, 1.54) is 0 Å². The lowest BCUT2D eigenvalue weighted by atomic mass is 10.2. The molecule has 0 saturated carbocycles. The number of hydrogen-bond acceptors (Lipinski definition) is 2. The fourth-order valence-electron chi connectivity index (χ4n) is 0.941. The maximum Gasteiger partial charge on any atom is 0.309 e. The zero-order chi connectivity index (χ0) is 11.6. The Balaban J connectivity index is 3.17. The van der Waals surface area contributed by atoms with Crippen LogP contribution < -0.4 is 0 Å². The fourth-order valence-corrected chi connectivity index (χ4v) is 1.37. The molecule has 1 rings (SSSR count). The van der Waals surface area contributed by atoms with Gasteiger partial charge in [-0.05, 0) is 22.0 Å². The minimum atomic E-state index is -3.06. The molecule has 0 aliphatic carbocycles. The third kappa shape index (κ3) is 2.92. The van der Waals surface area contributed by atoms with Gasteiger partial charge >= 0.3 is 5.97 Å². The zero-order valence-corrected chi connectivity index (χ0v) is 8.76. The van der Waals surface area contributed by atoms with Crippen LogP contribution in [0.4, 0.5) is 13.2 Å². The van der Waals surface area contributed by atoms with Crippen LogP contribution >= 0.6 is 15.9 Å². The molecule has 15 heavy (non-hydrogen) atoms. The Bertz CT molecular complexity index is 398. The Morgan fingerprint density at radius 3 is 2.67 bits per heavy atom. The number of rotatable bonds is 3. The van der Waals surface area contributed by atoms with E-state index in [4.69, 9.17) is 5.11 Å². The minimum absolute atomic E-state index is 0.0619. The summed E-state index contributed by atoms with van der Waals surface area (Å²) in [5.41, 5.74) is -1.16.